The van der Waals surface area contributed by atoms with Crippen LogP contribution in [0.25, 0.3) is 0 Å². The first-order valence-electron chi connectivity index (χ1n) is 7.89. The highest BCUT2D eigenvalue weighted by molar-refractivity contribution is 5.30. The van der Waals surface area contributed by atoms with E-state index in [0.717, 1.165) is 24.8 Å². The van der Waals surface area contributed by atoms with E-state index in [9.17, 15) is 0 Å². The maximum absolute atomic E-state index is 5.12. The van der Waals surface area contributed by atoms with Crippen LogP contribution < -0.4 is 0 Å². The number of aromatic nitrogens is 2. The SMILES string of the molecule is Cc1nc(CN2CC3CCCCC32c2ccccc2)no1. The first-order valence-corrected chi connectivity index (χ1v) is 7.89. The predicted octanol–water partition coefficient (Wildman–Crippen LogP) is 3.28. The first-order chi connectivity index (χ1) is 10.3. The summed E-state index contributed by atoms with van der Waals surface area (Å²) in [5, 5.41) is 4.07. The molecule has 0 bridgehead atoms. The number of rotatable bonds is 3. The van der Waals surface area contributed by atoms with Crippen molar-refractivity contribution in [2.45, 2.75) is 44.7 Å². The van der Waals surface area contributed by atoms with Crippen molar-refractivity contribution in [2.75, 3.05) is 6.54 Å². The Morgan fingerprint density at radius 1 is 1.29 bits per heavy atom. The first kappa shape index (κ1) is 13.0. The van der Waals surface area contributed by atoms with E-state index in [0.29, 0.717) is 5.89 Å². The van der Waals surface area contributed by atoms with Gasteiger partial charge in [0.25, 0.3) is 0 Å². The summed E-state index contributed by atoms with van der Waals surface area (Å²) in [7, 11) is 0. The Bertz CT molecular complexity index is 624. The largest absolute Gasteiger partial charge is 0.340 e. The minimum atomic E-state index is 0.202. The van der Waals surface area contributed by atoms with Crippen molar-refractivity contribution in [3.05, 3.63) is 47.6 Å². The van der Waals surface area contributed by atoms with Gasteiger partial charge in [-0.3, -0.25) is 4.90 Å². The standard InChI is InChI=1S/C17H21N3O/c1-13-18-16(19-21-13)12-20-11-15-9-5-6-10-17(15,20)14-7-3-2-4-8-14/h2-4,7-8,15H,5-6,9-12H2,1H3. The van der Waals surface area contributed by atoms with Crippen LogP contribution in [0.1, 0.15) is 43.0 Å². The van der Waals surface area contributed by atoms with Crippen LogP contribution in [0.3, 0.4) is 0 Å². The lowest BCUT2D eigenvalue weighted by Gasteiger charge is -2.61. The van der Waals surface area contributed by atoms with Crippen molar-refractivity contribution in [1.29, 1.82) is 0 Å². The van der Waals surface area contributed by atoms with Crippen molar-refractivity contribution >= 4 is 0 Å². The van der Waals surface area contributed by atoms with Crippen molar-refractivity contribution < 1.29 is 4.52 Å². The highest BCUT2D eigenvalue weighted by Crippen LogP contribution is 2.54. The number of aryl methyl sites for hydroxylation is 1. The molecule has 0 radical (unpaired) electrons. The summed E-state index contributed by atoms with van der Waals surface area (Å²) in [6, 6.07) is 11.0. The second-order valence-electron chi connectivity index (χ2n) is 6.34. The molecule has 110 valence electrons. The van der Waals surface area contributed by atoms with Crippen LogP contribution in [0.4, 0.5) is 0 Å². The quantitative estimate of drug-likeness (QED) is 0.867. The van der Waals surface area contributed by atoms with Crippen molar-refractivity contribution in [1.82, 2.24) is 15.0 Å². The van der Waals surface area contributed by atoms with Gasteiger partial charge in [-0.2, -0.15) is 4.98 Å². The normalized spacial score (nSPS) is 28.9. The molecule has 1 saturated carbocycles. The fourth-order valence-corrected chi connectivity index (χ4v) is 4.27. The minimum absolute atomic E-state index is 0.202. The molecule has 1 aliphatic carbocycles. The molecule has 1 saturated heterocycles. The van der Waals surface area contributed by atoms with E-state index in [2.05, 4.69) is 45.4 Å². The van der Waals surface area contributed by atoms with E-state index >= 15 is 0 Å². The molecule has 0 N–H and O–H groups in total. The third kappa shape index (κ3) is 2.01. The average Bonchev–Trinajstić information content (AvgIpc) is 2.91. The van der Waals surface area contributed by atoms with E-state index in [1.807, 2.05) is 6.92 Å². The molecule has 1 aliphatic heterocycles. The molecule has 1 aromatic carbocycles. The number of hydrogen-bond donors (Lipinski definition) is 0. The minimum Gasteiger partial charge on any atom is -0.340 e. The van der Waals surface area contributed by atoms with Gasteiger partial charge < -0.3 is 4.52 Å². The summed E-state index contributed by atoms with van der Waals surface area (Å²) < 4.78 is 5.12. The Morgan fingerprint density at radius 2 is 2.14 bits per heavy atom. The molecule has 21 heavy (non-hydrogen) atoms. The van der Waals surface area contributed by atoms with Crippen LogP contribution in [-0.2, 0) is 12.1 Å². The van der Waals surface area contributed by atoms with Gasteiger partial charge in [-0.25, -0.2) is 0 Å². The Kier molecular flexibility index (Phi) is 3.07. The molecule has 4 nitrogen and oxygen atoms in total. The molecule has 0 amide bonds. The second-order valence-corrected chi connectivity index (χ2v) is 6.34. The van der Waals surface area contributed by atoms with Crippen LogP contribution in [0.2, 0.25) is 0 Å². The van der Waals surface area contributed by atoms with Crippen LogP contribution in [0.15, 0.2) is 34.9 Å². The molecule has 2 heterocycles. The molecule has 2 aromatic rings. The lowest BCUT2D eigenvalue weighted by atomic mass is 9.62. The van der Waals surface area contributed by atoms with E-state index < -0.39 is 0 Å². The summed E-state index contributed by atoms with van der Waals surface area (Å²) in [6.07, 6.45) is 5.27. The number of likely N-dealkylation sites (tertiary alicyclic amines) is 1. The Balaban J connectivity index is 1.65. The predicted molar refractivity (Wildman–Crippen MR) is 79.5 cm³/mol. The fraction of sp³-hybridized carbons (Fsp3) is 0.529. The maximum Gasteiger partial charge on any atom is 0.223 e. The molecule has 0 spiro atoms. The van der Waals surface area contributed by atoms with E-state index in [4.69, 9.17) is 4.52 Å². The van der Waals surface area contributed by atoms with E-state index in [1.165, 1.54) is 31.2 Å². The smallest absolute Gasteiger partial charge is 0.223 e. The molecule has 2 unspecified atom stereocenters. The fourth-order valence-electron chi connectivity index (χ4n) is 4.27. The number of hydrogen-bond acceptors (Lipinski definition) is 4. The van der Waals surface area contributed by atoms with Crippen LogP contribution in [0.5, 0.6) is 0 Å². The van der Waals surface area contributed by atoms with Crippen LogP contribution >= 0.6 is 0 Å². The molecular formula is C17H21N3O. The highest BCUT2D eigenvalue weighted by atomic mass is 16.5. The molecule has 4 rings (SSSR count). The van der Waals surface area contributed by atoms with Crippen LogP contribution in [0, 0.1) is 12.8 Å². The van der Waals surface area contributed by atoms with Gasteiger partial charge in [-0.1, -0.05) is 48.3 Å². The number of nitrogens with zero attached hydrogens (tertiary/aromatic N) is 3. The van der Waals surface area contributed by atoms with Gasteiger partial charge in [0.15, 0.2) is 5.82 Å². The molecule has 2 aliphatic rings. The highest BCUT2D eigenvalue weighted by Gasteiger charge is 2.54. The Labute approximate surface area is 125 Å². The average molecular weight is 283 g/mol. The zero-order chi connectivity index (χ0) is 14.3. The van der Waals surface area contributed by atoms with Gasteiger partial charge in [-0.15, -0.1) is 0 Å². The second kappa shape index (κ2) is 4.95. The van der Waals surface area contributed by atoms with Crippen molar-refractivity contribution in [3.63, 3.8) is 0 Å². The van der Waals surface area contributed by atoms with Gasteiger partial charge in [-0.05, 0) is 24.3 Å². The van der Waals surface area contributed by atoms with Crippen molar-refractivity contribution in [3.8, 4) is 0 Å². The zero-order valence-electron chi connectivity index (χ0n) is 12.5. The summed E-state index contributed by atoms with van der Waals surface area (Å²) in [5.41, 5.74) is 1.66. The van der Waals surface area contributed by atoms with Gasteiger partial charge in [0, 0.05) is 13.5 Å². The summed E-state index contributed by atoms with van der Waals surface area (Å²) in [5.74, 6) is 2.24. The monoisotopic (exact) mass is 283 g/mol. The molecule has 1 aromatic heterocycles. The van der Waals surface area contributed by atoms with Crippen LogP contribution in [-0.4, -0.2) is 21.6 Å². The summed E-state index contributed by atoms with van der Waals surface area (Å²) in [4.78, 5) is 6.93. The lowest BCUT2D eigenvalue weighted by molar-refractivity contribution is -0.122. The lowest BCUT2D eigenvalue weighted by Crippen LogP contribution is -2.65. The van der Waals surface area contributed by atoms with E-state index in [1.54, 1.807) is 0 Å². The van der Waals surface area contributed by atoms with Gasteiger partial charge in [0.1, 0.15) is 0 Å². The molecule has 2 atom stereocenters. The van der Waals surface area contributed by atoms with Gasteiger partial charge in [0.05, 0.1) is 12.1 Å². The van der Waals surface area contributed by atoms with Crippen molar-refractivity contribution in [2.24, 2.45) is 5.92 Å². The summed E-state index contributed by atoms with van der Waals surface area (Å²) in [6.45, 7) is 3.80. The Hall–Kier alpha value is -1.68. The zero-order valence-corrected chi connectivity index (χ0v) is 12.5. The Morgan fingerprint density at radius 3 is 2.86 bits per heavy atom. The molecular weight excluding hydrogens is 262 g/mol. The third-order valence-electron chi connectivity index (χ3n) is 5.22. The maximum atomic E-state index is 5.12. The van der Waals surface area contributed by atoms with Gasteiger partial charge >= 0.3 is 0 Å². The number of fused-ring (bicyclic) bond motifs is 1. The number of benzene rings is 1. The van der Waals surface area contributed by atoms with E-state index in [-0.39, 0.29) is 5.54 Å². The molecule has 4 heteroatoms. The summed E-state index contributed by atoms with van der Waals surface area (Å²) >= 11 is 0. The van der Waals surface area contributed by atoms with Gasteiger partial charge in [0.2, 0.25) is 5.89 Å². The third-order valence-corrected chi connectivity index (χ3v) is 5.22. The molecule has 2 fully saturated rings. The topological polar surface area (TPSA) is 42.2 Å².